The van der Waals surface area contributed by atoms with Crippen LogP contribution in [-0.4, -0.2) is 50.0 Å². The van der Waals surface area contributed by atoms with Gasteiger partial charge in [-0.3, -0.25) is 13.9 Å². The molecule has 0 bridgehead atoms. The number of nitrogens with one attached hydrogen (secondary N) is 1. The first kappa shape index (κ1) is 31.2. The van der Waals surface area contributed by atoms with Gasteiger partial charge in [-0.25, -0.2) is 8.42 Å². The van der Waals surface area contributed by atoms with Crippen molar-refractivity contribution in [3.8, 4) is 0 Å². The fourth-order valence-corrected chi connectivity index (χ4v) is 5.52. The third-order valence-electron chi connectivity index (χ3n) is 6.83. The van der Waals surface area contributed by atoms with E-state index in [1.165, 1.54) is 4.90 Å². The van der Waals surface area contributed by atoms with Gasteiger partial charge in [-0.2, -0.15) is 0 Å². The summed E-state index contributed by atoms with van der Waals surface area (Å²) in [7, 11) is -3.83. The molecule has 3 aromatic rings. The van der Waals surface area contributed by atoms with Gasteiger partial charge >= 0.3 is 0 Å². The molecule has 0 heterocycles. The van der Waals surface area contributed by atoms with Gasteiger partial charge in [0.1, 0.15) is 12.6 Å². The van der Waals surface area contributed by atoms with Crippen LogP contribution >= 0.6 is 11.6 Å². The molecule has 3 rings (SSSR count). The van der Waals surface area contributed by atoms with Gasteiger partial charge in [0.2, 0.25) is 21.8 Å². The summed E-state index contributed by atoms with van der Waals surface area (Å²) in [4.78, 5) is 29.3. The molecule has 0 fully saturated rings. The average molecular weight is 584 g/mol. The largest absolute Gasteiger partial charge is 0.352 e. The summed E-state index contributed by atoms with van der Waals surface area (Å²) in [6.07, 6.45) is 2.07. The van der Waals surface area contributed by atoms with Gasteiger partial charge in [-0.05, 0) is 67.6 Å². The summed E-state index contributed by atoms with van der Waals surface area (Å²) in [6.45, 7) is 7.18. The number of hydrogen-bond donors (Lipinski definition) is 1. The molecule has 214 valence electrons. The summed E-state index contributed by atoms with van der Waals surface area (Å²) >= 11 is 6.25. The van der Waals surface area contributed by atoms with E-state index < -0.39 is 28.5 Å². The van der Waals surface area contributed by atoms with Crippen molar-refractivity contribution >= 4 is 39.1 Å². The first-order valence-corrected chi connectivity index (χ1v) is 15.5. The molecule has 2 atom stereocenters. The molecule has 0 radical (unpaired) electrons. The molecule has 0 saturated heterocycles. The number of sulfonamides is 1. The van der Waals surface area contributed by atoms with Crippen LogP contribution in [0.2, 0.25) is 5.02 Å². The molecular weight excluding hydrogens is 546 g/mol. The van der Waals surface area contributed by atoms with Crippen LogP contribution in [-0.2, 0) is 32.6 Å². The Kier molecular flexibility index (Phi) is 10.8. The predicted molar refractivity (Wildman–Crippen MR) is 162 cm³/mol. The first-order chi connectivity index (χ1) is 18.9. The summed E-state index contributed by atoms with van der Waals surface area (Å²) in [5, 5.41) is 3.53. The molecule has 0 aliphatic rings. The molecule has 40 heavy (non-hydrogen) atoms. The van der Waals surface area contributed by atoms with Crippen molar-refractivity contribution < 1.29 is 18.0 Å². The quantitative estimate of drug-likeness (QED) is 0.314. The topological polar surface area (TPSA) is 86.8 Å². The Bertz CT molecular complexity index is 1430. The van der Waals surface area contributed by atoms with E-state index in [0.717, 1.165) is 39.2 Å². The number of hydrogen-bond acceptors (Lipinski definition) is 4. The van der Waals surface area contributed by atoms with Crippen molar-refractivity contribution in [2.75, 3.05) is 17.1 Å². The van der Waals surface area contributed by atoms with Crippen LogP contribution in [0.25, 0.3) is 0 Å². The smallest absolute Gasteiger partial charge is 0.244 e. The standard InChI is InChI=1S/C31H38ClN3O4S/c1-6-24(4)33-31(37)29(19-25-11-8-7-9-12-25)34(20-26-13-10-14-27(32)18-26)30(36)21-35(40(5,38)39)28-17-22(2)15-16-23(28)3/h7-18,24,29H,6,19-21H2,1-5H3,(H,33,37)/t24-,29+/m1/s1. The fourth-order valence-electron chi connectivity index (χ4n) is 4.41. The van der Waals surface area contributed by atoms with Crippen molar-refractivity contribution in [3.63, 3.8) is 0 Å². The Morgan fingerprint density at radius 1 is 0.950 bits per heavy atom. The fraction of sp³-hybridized carbons (Fsp3) is 0.355. The zero-order chi connectivity index (χ0) is 29.4. The van der Waals surface area contributed by atoms with Gasteiger partial charge in [0, 0.05) is 24.0 Å². The van der Waals surface area contributed by atoms with Crippen LogP contribution in [0.4, 0.5) is 5.69 Å². The highest BCUT2D eigenvalue weighted by Gasteiger charge is 2.33. The molecule has 0 saturated carbocycles. The number of carbonyl (C=O) groups excluding carboxylic acids is 2. The second-order valence-corrected chi connectivity index (χ2v) is 12.6. The molecule has 0 aliphatic heterocycles. The third kappa shape index (κ3) is 8.57. The Labute approximate surface area is 243 Å². The first-order valence-electron chi connectivity index (χ1n) is 13.3. The van der Waals surface area contributed by atoms with Crippen molar-refractivity contribution in [2.45, 2.75) is 59.2 Å². The number of halogens is 1. The van der Waals surface area contributed by atoms with Crippen LogP contribution in [0, 0.1) is 13.8 Å². The maximum Gasteiger partial charge on any atom is 0.244 e. The maximum atomic E-state index is 14.2. The summed E-state index contributed by atoms with van der Waals surface area (Å²) in [5.41, 5.74) is 3.63. The van der Waals surface area contributed by atoms with E-state index in [4.69, 9.17) is 11.6 Å². The molecule has 3 aromatic carbocycles. The summed E-state index contributed by atoms with van der Waals surface area (Å²) < 4.78 is 27.1. The van der Waals surface area contributed by atoms with E-state index in [-0.39, 0.29) is 24.9 Å². The van der Waals surface area contributed by atoms with Crippen LogP contribution < -0.4 is 9.62 Å². The minimum Gasteiger partial charge on any atom is -0.352 e. The highest BCUT2D eigenvalue weighted by atomic mass is 35.5. The van der Waals surface area contributed by atoms with Crippen LogP contribution in [0.15, 0.2) is 72.8 Å². The van der Waals surface area contributed by atoms with E-state index >= 15 is 0 Å². The molecule has 0 unspecified atom stereocenters. The molecule has 1 N–H and O–H groups in total. The van der Waals surface area contributed by atoms with E-state index in [2.05, 4.69) is 5.32 Å². The SMILES string of the molecule is CC[C@@H](C)NC(=O)[C@H](Cc1ccccc1)N(Cc1cccc(Cl)c1)C(=O)CN(c1cc(C)ccc1C)S(C)(=O)=O. The lowest BCUT2D eigenvalue weighted by molar-refractivity contribution is -0.140. The van der Waals surface area contributed by atoms with Gasteiger partial charge in [0.25, 0.3) is 0 Å². The van der Waals surface area contributed by atoms with Crippen LogP contribution in [0.5, 0.6) is 0 Å². The highest BCUT2D eigenvalue weighted by molar-refractivity contribution is 7.92. The molecule has 0 aliphatic carbocycles. The average Bonchev–Trinajstić information content (AvgIpc) is 2.90. The van der Waals surface area contributed by atoms with Crippen molar-refractivity contribution in [1.29, 1.82) is 0 Å². The number of amides is 2. The number of anilines is 1. The van der Waals surface area contributed by atoms with Gasteiger partial charge in [-0.1, -0.05) is 73.1 Å². The zero-order valence-electron chi connectivity index (χ0n) is 23.7. The predicted octanol–water partition coefficient (Wildman–Crippen LogP) is 5.28. The number of aryl methyl sites for hydroxylation is 2. The van der Waals surface area contributed by atoms with E-state index in [1.807, 2.05) is 69.3 Å². The molecule has 0 aromatic heterocycles. The van der Waals surface area contributed by atoms with Crippen LogP contribution in [0.3, 0.4) is 0 Å². The Morgan fingerprint density at radius 2 is 1.62 bits per heavy atom. The number of carbonyl (C=O) groups is 2. The van der Waals surface area contributed by atoms with Gasteiger partial charge in [0.15, 0.2) is 0 Å². The van der Waals surface area contributed by atoms with Crippen molar-refractivity contribution in [1.82, 2.24) is 10.2 Å². The van der Waals surface area contributed by atoms with Gasteiger partial charge in [-0.15, -0.1) is 0 Å². The van der Waals surface area contributed by atoms with E-state index in [1.54, 1.807) is 31.2 Å². The Balaban J connectivity index is 2.09. The molecule has 7 nitrogen and oxygen atoms in total. The van der Waals surface area contributed by atoms with Crippen molar-refractivity contribution in [2.24, 2.45) is 0 Å². The van der Waals surface area contributed by atoms with Gasteiger partial charge < -0.3 is 10.2 Å². The normalized spacial score (nSPS) is 12.8. The van der Waals surface area contributed by atoms with Crippen LogP contribution in [0.1, 0.15) is 42.5 Å². The minimum atomic E-state index is -3.83. The molecule has 9 heteroatoms. The second kappa shape index (κ2) is 13.8. The maximum absolute atomic E-state index is 14.2. The lowest BCUT2D eigenvalue weighted by Crippen LogP contribution is -2.54. The number of rotatable bonds is 12. The molecular formula is C31H38ClN3O4S. The minimum absolute atomic E-state index is 0.0786. The van der Waals surface area contributed by atoms with Crippen molar-refractivity contribution in [3.05, 3.63) is 100 Å². The Hall–Kier alpha value is -3.36. The lowest BCUT2D eigenvalue weighted by Gasteiger charge is -2.34. The number of nitrogens with zero attached hydrogens (tertiary/aromatic N) is 2. The lowest BCUT2D eigenvalue weighted by atomic mass is 10.0. The summed E-state index contributed by atoms with van der Waals surface area (Å²) in [5.74, 6) is -0.794. The van der Waals surface area contributed by atoms with E-state index in [0.29, 0.717) is 10.7 Å². The number of benzene rings is 3. The summed E-state index contributed by atoms with van der Waals surface area (Å²) in [6, 6.07) is 21.0. The van der Waals surface area contributed by atoms with Gasteiger partial charge in [0.05, 0.1) is 11.9 Å². The second-order valence-electron chi connectivity index (χ2n) is 10.2. The Morgan fingerprint density at radius 3 is 2.25 bits per heavy atom. The zero-order valence-corrected chi connectivity index (χ0v) is 25.3. The third-order valence-corrected chi connectivity index (χ3v) is 8.19. The monoisotopic (exact) mass is 583 g/mol. The molecule has 0 spiro atoms. The molecule has 2 amide bonds. The highest BCUT2D eigenvalue weighted by Crippen LogP contribution is 2.25. The van der Waals surface area contributed by atoms with E-state index in [9.17, 15) is 18.0 Å².